The topological polar surface area (TPSA) is 55.4 Å². The lowest BCUT2D eigenvalue weighted by molar-refractivity contribution is -0.486. The normalized spacial score (nSPS) is 57.0. The predicted molar refractivity (Wildman–Crippen MR) is 40.1 cm³/mol. The third kappa shape index (κ3) is 1.01. The summed E-state index contributed by atoms with van der Waals surface area (Å²) in [5.41, 5.74) is -1.02. The van der Waals surface area contributed by atoms with Gasteiger partial charge in [-0.05, 0) is 13.8 Å². The van der Waals surface area contributed by atoms with Gasteiger partial charge in [-0.15, -0.1) is 0 Å². The second-order valence-electron chi connectivity index (χ2n) is 4.44. The standard InChI is InChI=1S/C8H12O6/c1-7-3-5-6(10-13-9-5)4-8(7,2)12-14-11-7/h5-6H,3-4H2,1-2H3. The van der Waals surface area contributed by atoms with E-state index < -0.39 is 11.2 Å². The summed E-state index contributed by atoms with van der Waals surface area (Å²) in [7, 11) is 0. The Morgan fingerprint density at radius 1 is 0.857 bits per heavy atom. The zero-order valence-corrected chi connectivity index (χ0v) is 8.02. The van der Waals surface area contributed by atoms with Crippen LogP contribution in [0, 0.1) is 0 Å². The Hall–Kier alpha value is -0.240. The largest absolute Gasteiger partial charge is 0.200 e. The number of hydrogen-bond acceptors (Lipinski definition) is 6. The molecular weight excluding hydrogens is 192 g/mol. The maximum absolute atomic E-state index is 5.14. The van der Waals surface area contributed by atoms with E-state index >= 15 is 0 Å². The third-order valence-electron chi connectivity index (χ3n) is 3.48. The molecule has 4 unspecified atom stereocenters. The molecule has 80 valence electrons. The Labute approximate surface area is 80.7 Å². The maximum Gasteiger partial charge on any atom is 0.138 e. The van der Waals surface area contributed by atoms with Crippen molar-refractivity contribution in [1.29, 1.82) is 0 Å². The molecule has 6 heteroatoms. The average Bonchev–Trinajstić information content (AvgIpc) is 2.62. The third-order valence-corrected chi connectivity index (χ3v) is 3.48. The van der Waals surface area contributed by atoms with Crippen LogP contribution in [0.4, 0.5) is 0 Å². The van der Waals surface area contributed by atoms with Gasteiger partial charge in [-0.25, -0.2) is 0 Å². The molecule has 0 aromatic heterocycles. The van der Waals surface area contributed by atoms with E-state index in [1.54, 1.807) is 0 Å². The lowest BCUT2D eigenvalue weighted by Crippen LogP contribution is -2.57. The molecule has 6 nitrogen and oxygen atoms in total. The van der Waals surface area contributed by atoms with E-state index in [9.17, 15) is 0 Å². The molecule has 1 aliphatic carbocycles. The molecule has 0 radical (unpaired) electrons. The number of hydrogen-bond donors (Lipinski definition) is 0. The quantitative estimate of drug-likeness (QED) is 0.544. The SMILES string of the molecule is CC12CC3OOOC3CC1(C)OOO2. The van der Waals surface area contributed by atoms with Gasteiger partial charge in [0.15, 0.2) is 0 Å². The van der Waals surface area contributed by atoms with Crippen LogP contribution in [0.25, 0.3) is 0 Å². The van der Waals surface area contributed by atoms with Crippen molar-refractivity contribution in [3.8, 4) is 0 Å². The van der Waals surface area contributed by atoms with E-state index in [-0.39, 0.29) is 12.2 Å². The van der Waals surface area contributed by atoms with Crippen LogP contribution >= 0.6 is 0 Å². The van der Waals surface area contributed by atoms with E-state index in [2.05, 4.69) is 10.1 Å². The summed E-state index contributed by atoms with van der Waals surface area (Å²) in [6.07, 6.45) is 1.01. The van der Waals surface area contributed by atoms with Gasteiger partial charge >= 0.3 is 0 Å². The molecule has 2 saturated heterocycles. The summed E-state index contributed by atoms with van der Waals surface area (Å²) in [5.74, 6) is 0. The molecule has 0 aromatic carbocycles. The Balaban J connectivity index is 1.90. The van der Waals surface area contributed by atoms with E-state index in [1.807, 2.05) is 13.8 Å². The molecule has 0 bridgehead atoms. The minimum Gasteiger partial charge on any atom is -0.200 e. The highest BCUT2D eigenvalue weighted by molar-refractivity contribution is 5.06. The van der Waals surface area contributed by atoms with E-state index in [0.29, 0.717) is 12.8 Å². The fraction of sp³-hybridized carbons (Fsp3) is 1.00. The lowest BCUT2D eigenvalue weighted by Gasteiger charge is -2.40. The van der Waals surface area contributed by atoms with Crippen molar-refractivity contribution >= 4 is 0 Å². The molecule has 4 atom stereocenters. The number of rotatable bonds is 0. The van der Waals surface area contributed by atoms with Crippen LogP contribution in [-0.2, 0) is 29.6 Å². The smallest absolute Gasteiger partial charge is 0.138 e. The Morgan fingerprint density at radius 3 is 1.86 bits per heavy atom. The molecule has 0 N–H and O–H groups in total. The van der Waals surface area contributed by atoms with Gasteiger partial charge in [-0.1, -0.05) is 10.1 Å². The Morgan fingerprint density at radius 2 is 1.36 bits per heavy atom. The fourth-order valence-corrected chi connectivity index (χ4v) is 2.19. The van der Waals surface area contributed by atoms with Gasteiger partial charge < -0.3 is 0 Å². The first-order valence-electron chi connectivity index (χ1n) is 4.65. The first kappa shape index (κ1) is 9.02. The van der Waals surface area contributed by atoms with Crippen molar-refractivity contribution < 1.29 is 29.6 Å². The highest BCUT2D eigenvalue weighted by Gasteiger charge is 2.63. The monoisotopic (exact) mass is 204 g/mol. The first-order valence-corrected chi connectivity index (χ1v) is 4.65. The average molecular weight is 204 g/mol. The zero-order chi connectivity index (χ0) is 9.81. The van der Waals surface area contributed by atoms with Gasteiger partial charge in [0.05, 0.1) is 0 Å². The Bertz CT molecular complexity index is 234. The van der Waals surface area contributed by atoms with Gasteiger partial charge in [0.25, 0.3) is 0 Å². The minimum absolute atomic E-state index is 0.113. The van der Waals surface area contributed by atoms with E-state index in [4.69, 9.17) is 19.6 Å². The van der Waals surface area contributed by atoms with Crippen LogP contribution in [0.5, 0.6) is 0 Å². The predicted octanol–water partition coefficient (Wildman–Crippen LogP) is 0.822. The summed E-state index contributed by atoms with van der Waals surface area (Å²) >= 11 is 0. The fourth-order valence-electron chi connectivity index (χ4n) is 2.19. The molecule has 14 heavy (non-hydrogen) atoms. The first-order chi connectivity index (χ1) is 6.63. The van der Waals surface area contributed by atoms with Crippen LogP contribution in [-0.4, -0.2) is 23.4 Å². The van der Waals surface area contributed by atoms with E-state index in [0.717, 1.165) is 0 Å². The molecule has 0 amide bonds. The molecule has 3 fully saturated rings. The van der Waals surface area contributed by atoms with Crippen LogP contribution < -0.4 is 0 Å². The molecule has 3 rings (SSSR count). The van der Waals surface area contributed by atoms with Crippen LogP contribution in [0.15, 0.2) is 0 Å². The van der Waals surface area contributed by atoms with Crippen LogP contribution in [0.1, 0.15) is 26.7 Å². The van der Waals surface area contributed by atoms with Crippen molar-refractivity contribution in [2.24, 2.45) is 0 Å². The maximum atomic E-state index is 5.14. The summed E-state index contributed by atoms with van der Waals surface area (Å²) in [5, 5.41) is 9.11. The highest BCUT2D eigenvalue weighted by Crippen LogP contribution is 2.49. The minimum atomic E-state index is -0.509. The molecular formula is C8H12O6. The molecule has 0 aromatic rings. The molecule has 2 aliphatic heterocycles. The van der Waals surface area contributed by atoms with Crippen molar-refractivity contribution in [3.05, 3.63) is 0 Å². The van der Waals surface area contributed by atoms with Crippen LogP contribution in [0.2, 0.25) is 0 Å². The van der Waals surface area contributed by atoms with Gasteiger partial charge in [0.1, 0.15) is 23.4 Å². The number of fused-ring (bicyclic) bond motifs is 2. The van der Waals surface area contributed by atoms with Crippen molar-refractivity contribution in [1.82, 2.24) is 0 Å². The second kappa shape index (κ2) is 2.66. The van der Waals surface area contributed by atoms with E-state index in [1.165, 1.54) is 0 Å². The summed E-state index contributed by atoms with van der Waals surface area (Å²) in [6.45, 7) is 3.86. The molecule has 3 aliphatic rings. The summed E-state index contributed by atoms with van der Waals surface area (Å²) in [4.78, 5) is 20.2. The van der Waals surface area contributed by atoms with Crippen molar-refractivity contribution in [2.75, 3.05) is 0 Å². The van der Waals surface area contributed by atoms with Crippen LogP contribution in [0.3, 0.4) is 0 Å². The molecule has 2 heterocycles. The summed E-state index contributed by atoms with van der Waals surface area (Å²) in [6, 6.07) is 0. The second-order valence-corrected chi connectivity index (χ2v) is 4.44. The zero-order valence-electron chi connectivity index (χ0n) is 8.02. The highest BCUT2D eigenvalue weighted by atomic mass is 17.5. The van der Waals surface area contributed by atoms with Gasteiger partial charge in [0.2, 0.25) is 0 Å². The Kier molecular flexibility index (Phi) is 1.71. The lowest BCUT2D eigenvalue weighted by atomic mass is 9.71. The van der Waals surface area contributed by atoms with Crippen molar-refractivity contribution in [3.63, 3.8) is 0 Å². The summed E-state index contributed by atoms with van der Waals surface area (Å²) < 4.78 is 0. The molecule has 0 spiro atoms. The molecule has 1 saturated carbocycles. The van der Waals surface area contributed by atoms with Gasteiger partial charge in [-0.2, -0.15) is 19.6 Å². The van der Waals surface area contributed by atoms with Crippen molar-refractivity contribution in [2.45, 2.75) is 50.1 Å². The van der Waals surface area contributed by atoms with Gasteiger partial charge in [0, 0.05) is 12.8 Å². The van der Waals surface area contributed by atoms with Gasteiger partial charge in [-0.3, -0.25) is 0 Å².